The molecule has 2 rings (SSSR count). The number of benzene rings is 1. The Labute approximate surface area is 95.1 Å². The normalized spacial score (nSPS) is 20.0. The summed E-state index contributed by atoms with van der Waals surface area (Å²) in [5, 5.41) is 11.9. The van der Waals surface area contributed by atoms with Crippen molar-refractivity contribution in [1.82, 2.24) is 4.90 Å². The zero-order valence-electron chi connectivity index (χ0n) is 9.12. The summed E-state index contributed by atoms with van der Waals surface area (Å²) in [6.07, 6.45) is 1.57. The standard InChI is InChI=1S/C12H16N2O2/c15-13-10-12(11-4-2-1-3-5-11)14-6-8-16-9-7-14/h1-5,10,12,15H,6-9H2/b13-10+. The molecule has 1 aromatic carbocycles. The molecule has 1 unspecified atom stereocenters. The molecule has 0 aromatic heterocycles. The molecule has 86 valence electrons. The number of hydrogen-bond acceptors (Lipinski definition) is 4. The van der Waals surface area contributed by atoms with Crippen molar-refractivity contribution in [3.63, 3.8) is 0 Å². The first-order chi connectivity index (χ1) is 7.92. The van der Waals surface area contributed by atoms with Crippen molar-refractivity contribution in [3.05, 3.63) is 35.9 Å². The first kappa shape index (κ1) is 11.1. The Morgan fingerprint density at radius 1 is 1.25 bits per heavy atom. The molecule has 4 nitrogen and oxygen atoms in total. The van der Waals surface area contributed by atoms with Crippen LogP contribution >= 0.6 is 0 Å². The van der Waals surface area contributed by atoms with Crippen molar-refractivity contribution < 1.29 is 9.94 Å². The molecule has 4 heteroatoms. The largest absolute Gasteiger partial charge is 0.411 e. The van der Waals surface area contributed by atoms with Crippen molar-refractivity contribution in [1.29, 1.82) is 0 Å². The molecule has 1 N–H and O–H groups in total. The monoisotopic (exact) mass is 220 g/mol. The van der Waals surface area contributed by atoms with E-state index in [1.54, 1.807) is 6.21 Å². The second-order valence-electron chi connectivity index (χ2n) is 3.77. The van der Waals surface area contributed by atoms with Crippen molar-refractivity contribution >= 4 is 6.21 Å². The lowest BCUT2D eigenvalue weighted by molar-refractivity contribution is 0.0290. The Morgan fingerprint density at radius 2 is 1.94 bits per heavy atom. The van der Waals surface area contributed by atoms with Gasteiger partial charge in [0.1, 0.15) is 0 Å². The Kier molecular flexibility index (Phi) is 3.91. The lowest BCUT2D eigenvalue weighted by atomic mass is 10.1. The van der Waals surface area contributed by atoms with Crippen molar-refractivity contribution in [3.8, 4) is 0 Å². The molecule has 0 radical (unpaired) electrons. The summed E-state index contributed by atoms with van der Waals surface area (Å²) in [5.74, 6) is 0. The molecule has 0 amide bonds. The summed E-state index contributed by atoms with van der Waals surface area (Å²) in [4.78, 5) is 2.25. The Morgan fingerprint density at radius 3 is 2.56 bits per heavy atom. The van der Waals surface area contributed by atoms with E-state index in [0.29, 0.717) is 0 Å². The fourth-order valence-corrected chi connectivity index (χ4v) is 1.96. The zero-order valence-corrected chi connectivity index (χ0v) is 9.12. The van der Waals surface area contributed by atoms with Gasteiger partial charge < -0.3 is 9.94 Å². The highest BCUT2D eigenvalue weighted by molar-refractivity contribution is 5.66. The minimum absolute atomic E-state index is 0.0371. The number of nitrogens with zero attached hydrogens (tertiary/aromatic N) is 2. The van der Waals surface area contributed by atoms with Gasteiger partial charge in [0.2, 0.25) is 0 Å². The van der Waals surface area contributed by atoms with E-state index in [0.717, 1.165) is 31.9 Å². The quantitative estimate of drug-likeness (QED) is 0.477. The summed E-state index contributed by atoms with van der Waals surface area (Å²) >= 11 is 0. The lowest BCUT2D eigenvalue weighted by Gasteiger charge is -2.32. The lowest BCUT2D eigenvalue weighted by Crippen LogP contribution is -2.39. The fourth-order valence-electron chi connectivity index (χ4n) is 1.96. The Balaban J connectivity index is 2.16. The topological polar surface area (TPSA) is 45.1 Å². The predicted octanol–water partition coefficient (Wildman–Crippen LogP) is 1.52. The van der Waals surface area contributed by atoms with Crippen molar-refractivity contribution in [2.75, 3.05) is 26.3 Å². The molecule has 1 aromatic rings. The van der Waals surface area contributed by atoms with E-state index in [1.165, 1.54) is 0 Å². The SMILES string of the molecule is O/N=C/C(c1ccccc1)N1CCOCC1. The second-order valence-corrected chi connectivity index (χ2v) is 3.77. The molecular weight excluding hydrogens is 204 g/mol. The van der Waals surface area contributed by atoms with Crippen LogP contribution in [0.2, 0.25) is 0 Å². The van der Waals surface area contributed by atoms with Gasteiger partial charge in [0.15, 0.2) is 0 Å². The van der Waals surface area contributed by atoms with Crippen LogP contribution in [0, 0.1) is 0 Å². The molecule has 1 aliphatic rings. The molecular formula is C12H16N2O2. The average Bonchev–Trinajstić information content (AvgIpc) is 2.38. The highest BCUT2D eigenvalue weighted by Gasteiger charge is 2.20. The van der Waals surface area contributed by atoms with E-state index >= 15 is 0 Å². The van der Waals surface area contributed by atoms with E-state index in [4.69, 9.17) is 9.94 Å². The van der Waals surface area contributed by atoms with Gasteiger partial charge in [0, 0.05) is 13.1 Å². The maximum atomic E-state index is 8.74. The predicted molar refractivity (Wildman–Crippen MR) is 61.9 cm³/mol. The first-order valence-electron chi connectivity index (χ1n) is 5.46. The van der Waals surface area contributed by atoms with E-state index < -0.39 is 0 Å². The average molecular weight is 220 g/mol. The number of morpholine rings is 1. The van der Waals surface area contributed by atoms with Gasteiger partial charge in [-0.05, 0) is 5.56 Å². The number of hydrogen-bond donors (Lipinski definition) is 1. The van der Waals surface area contributed by atoms with Gasteiger partial charge >= 0.3 is 0 Å². The van der Waals surface area contributed by atoms with Crippen LogP contribution in [0.1, 0.15) is 11.6 Å². The van der Waals surface area contributed by atoms with Gasteiger partial charge in [-0.15, -0.1) is 5.16 Å². The summed E-state index contributed by atoms with van der Waals surface area (Å²) in [7, 11) is 0. The molecule has 16 heavy (non-hydrogen) atoms. The first-order valence-corrected chi connectivity index (χ1v) is 5.46. The Bertz CT molecular complexity index is 334. The summed E-state index contributed by atoms with van der Waals surface area (Å²) in [6.45, 7) is 3.21. The van der Waals surface area contributed by atoms with Crippen LogP contribution in [0.5, 0.6) is 0 Å². The minimum Gasteiger partial charge on any atom is -0.411 e. The van der Waals surface area contributed by atoms with E-state index in [2.05, 4.69) is 10.1 Å². The second kappa shape index (κ2) is 5.63. The maximum absolute atomic E-state index is 8.74. The van der Waals surface area contributed by atoms with E-state index in [-0.39, 0.29) is 6.04 Å². The van der Waals surface area contributed by atoms with Crippen LogP contribution in [-0.2, 0) is 4.74 Å². The molecule has 1 saturated heterocycles. The van der Waals surface area contributed by atoms with Gasteiger partial charge in [-0.1, -0.05) is 30.3 Å². The molecule has 0 spiro atoms. The zero-order chi connectivity index (χ0) is 11.2. The number of ether oxygens (including phenoxy) is 1. The van der Waals surface area contributed by atoms with Crippen molar-refractivity contribution in [2.45, 2.75) is 6.04 Å². The highest BCUT2D eigenvalue weighted by Crippen LogP contribution is 2.19. The highest BCUT2D eigenvalue weighted by atomic mass is 16.5. The number of rotatable bonds is 3. The van der Waals surface area contributed by atoms with Crippen LogP contribution in [0.3, 0.4) is 0 Å². The summed E-state index contributed by atoms with van der Waals surface area (Å²) < 4.78 is 5.32. The maximum Gasteiger partial charge on any atom is 0.0740 e. The number of oxime groups is 1. The molecule has 1 heterocycles. The third-order valence-electron chi connectivity index (χ3n) is 2.79. The minimum atomic E-state index is 0.0371. The summed E-state index contributed by atoms with van der Waals surface area (Å²) in [5.41, 5.74) is 1.14. The molecule has 0 bridgehead atoms. The van der Waals surface area contributed by atoms with Gasteiger partial charge in [-0.3, -0.25) is 4.90 Å². The van der Waals surface area contributed by atoms with Crippen LogP contribution < -0.4 is 0 Å². The Hall–Kier alpha value is -1.39. The van der Waals surface area contributed by atoms with E-state index in [9.17, 15) is 0 Å². The molecule has 1 atom stereocenters. The van der Waals surface area contributed by atoms with Crippen molar-refractivity contribution in [2.24, 2.45) is 5.16 Å². The van der Waals surface area contributed by atoms with Crippen LogP contribution in [0.25, 0.3) is 0 Å². The van der Waals surface area contributed by atoms with Crippen LogP contribution in [0.15, 0.2) is 35.5 Å². The third kappa shape index (κ3) is 2.59. The molecule has 0 saturated carbocycles. The van der Waals surface area contributed by atoms with Gasteiger partial charge in [0.25, 0.3) is 0 Å². The summed E-state index contributed by atoms with van der Waals surface area (Å²) in [6, 6.07) is 10.1. The molecule has 1 aliphatic heterocycles. The molecule has 1 fully saturated rings. The van der Waals surface area contributed by atoms with Crippen LogP contribution in [0.4, 0.5) is 0 Å². The molecule has 0 aliphatic carbocycles. The van der Waals surface area contributed by atoms with Gasteiger partial charge in [-0.25, -0.2) is 0 Å². The van der Waals surface area contributed by atoms with Crippen LogP contribution in [-0.4, -0.2) is 42.6 Å². The van der Waals surface area contributed by atoms with Gasteiger partial charge in [0.05, 0.1) is 25.5 Å². The van der Waals surface area contributed by atoms with Gasteiger partial charge in [-0.2, -0.15) is 0 Å². The fraction of sp³-hybridized carbons (Fsp3) is 0.417. The smallest absolute Gasteiger partial charge is 0.0740 e. The third-order valence-corrected chi connectivity index (χ3v) is 2.79. The van der Waals surface area contributed by atoms with E-state index in [1.807, 2.05) is 30.3 Å².